The summed E-state index contributed by atoms with van der Waals surface area (Å²) in [4.78, 5) is 14.4. The minimum atomic E-state index is -0.0634. The smallest absolute Gasteiger partial charge is 0.319 e. The van der Waals surface area contributed by atoms with Crippen LogP contribution < -0.4 is 10.6 Å². The molecule has 5 nitrogen and oxygen atoms in total. The van der Waals surface area contributed by atoms with Gasteiger partial charge in [-0.15, -0.1) is 0 Å². The number of carbonyl (C=O) groups excluding carboxylic acids is 1. The van der Waals surface area contributed by atoms with E-state index < -0.39 is 0 Å². The number of carbonyl (C=O) groups is 1. The van der Waals surface area contributed by atoms with Gasteiger partial charge in [-0.2, -0.15) is 5.26 Å². The normalized spacial score (nSPS) is 21.7. The van der Waals surface area contributed by atoms with Crippen molar-refractivity contribution >= 4 is 11.7 Å². The van der Waals surface area contributed by atoms with E-state index in [1.54, 1.807) is 24.3 Å². The Morgan fingerprint density at radius 3 is 2.67 bits per heavy atom. The summed E-state index contributed by atoms with van der Waals surface area (Å²) in [6.45, 7) is 5.80. The molecule has 2 rings (SSSR count). The summed E-state index contributed by atoms with van der Waals surface area (Å²) in [5.41, 5.74) is 1.31. The van der Waals surface area contributed by atoms with Crippen molar-refractivity contribution in [2.24, 2.45) is 0 Å². The van der Waals surface area contributed by atoms with E-state index in [0.717, 1.165) is 31.6 Å². The number of hydrogen-bond donors (Lipinski definition) is 2. The molecule has 1 saturated heterocycles. The van der Waals surface area contributed by atoms with Gasteiger partial charge in [0.2, 0.25) is 0 Å². The number of nitrogens with zero attached hydrogens (tertiary/aromatic N) is 2. The molecule has 0 aliphatic carbocycles. The topological polar surface area (TPSA) is 68.2 Å². The lowest BCUT2D eigenvalue weighted by molar-refractivity contribution is 0.147. The van der Waals surface area contributed by atoms with Crippen molar-refractivity contribution in [1.29, 1.82) is 5.26 Å². The van der Waals surface area contributed by atoms with Crippen molar-refractivity contribution in [3.63, 3.8) is 0 Å². The Hall–Kier alpha value is -2.06. The standard InChI is InChI=1S/C16H22N4O/c1-3-13-11-20(15(4-2)10-18-13)16(21)19-14-7-5-12(9-17)6-8-14/h5-8,13,15,18H,3-4,10-11H2,1-2H3,(H,19,21). The van der Waals surface area contributed by atoms with E-state index in [4.69, 9.17) is 5.26 Å². The zero-order chi connectivity index (χ0) is 15.2. The summed E-state index contributed by atoms with van der Waals surface area (Å²) in [6.07, 6.45) is 1.95. The third-order valence-corrected chi connectivity index (χ3v) is 3.99. The fraction of sp³-hybridized carbons (Fsp3) is 0.500. The maximum absolute atomic E-state index is 12.5. The Morgan fingerprint density at radius 2 is 2.10 bits per heavy atom. The molecule has 0 saturated carbocycles. The summed E-state index contributed by atoms with van der Waals surface area (Å²) in [5, 5.41) is 15.2. The van der Waals surface area contributed by atoms with Gasteiger partial charge in [0.15, 0.2) is 0 Å². The summed E-state index contributed by atoms with van der Waals surface area (Å²) in [5.74, 6) is 0. The number of nitrogens with one attached hydrogen (secondary N) is 2. The quantitative estimate of drug-likeness (QED) is 0.897. The number of anilines is 1. The van der Waals surface area contributed by atoms with Crippen LogP contribution in [0.2, 0.25) is 0 Å². The number of nitriles is 1. The molecule has 2 N–H and O–H groups in total. The summed E-state index contributed by atoms with van der Waals surface area (Å²) >= 11 is 0. The highest BCUT2D eigenvalue weighted by atomic mass is 16.2. The van der Waals surface area contributed by atoms with Crippen LogP contribution in [0.15, 0.2) is 24.3 Å². The second kappa shape index (κ2) is 7.09. The zero-order valence-electron chi connectivity index (χ0n) is 12.6. The van der Waals surface area contributed by atoms with Gasteiger partial charge in [-0.25, -0.2) is 4.79 Å². The number of amides is 2. The molecular weight excluding hydrogens is 264 g/mol. The van der Waals surface area contributed by atoms with Crippen LogP contribution in [0.4, 0.5) is 10.5 Å². The average Bonchev–Trinajstić information content (AvgIpc) is 2.54. The molecule has 112 valence electrons. The van der Waals surface area contributed by atoms with Crippen molar-refractivity contribution in [2.75, 3.05) is 18.4 Å². The third kappa shape index (κ3) is 3.73. The molecule has 1 heterocycles. The molecule has 0 aromatic heterocycles. The number of benzene rings is 1. The second-order valence-corrected chi connectivity index (χ2v) is 5.35. The van der Waals surface area contributed by atoms with Crippen molar-refractivity contribution in [3.8, 4) is 6.07 Å². The Labute approximate surface area is 125 Å². The monoisotopic (exact) mass is 286 g/mol. The van der Waals surface area contributed by atoms with Gasteiger partial charge in [0.05, 0.1) is 11.6 Å². The van der Waals surface area contributed by atoms with Crippen LogP contribution in [0.5, 0.6) is 0 Å². The van der Waals surface area contributed by atoms with Gasteiger partial charge < -0.3 is 15.5 Å². The molecule has 2 unspecified atom stereocenters. The number of rotatable bonds is 3. The number of urea groups is 1. The Balaban J connectivity index is 2.04. The van der Waals surface area contributed by atoms with Crippen LogP contribution in [-0.2, 0) is 0 Å². The van der Waals surface area contributed by atoms with E-state index in [9.17, 15) is 4.79 Å². The molecule has 1 aromatic carbocycles. The summed E-state index contributed by atoms with van der Waals surface area (Å²) in [7, 11) is 0. The van der Waals surface area contributed by atoms with Crippen LogP contribution in [0.25, 0.3) is 0 Å². The first kappa shape index (κ1) is 15.3. The lowest BCUT2D eigenvalue weighted by Gasteiger charge is -2.39. The van der Waals surface area contributed by atoms with Gasteiger partial charge in [0, 0.05) is 30.9 Å². The Kier molecular flexibility index (Phi) is 5.18. The number of piperazine rings is 1. The van der Waals surface area contributed by atoms with Crippen LogP contribution in [-0.4, -0.2) is 36.1 Å². The van der Waals surface area contributed by atoms with Crippen LogP contribution in [0.3, 0.4) is 0 Å². The maximum Gasteiger partial charge on any atom is 0.322 e. The highest BCUT2D eigenvalue weighted by molar-refractivity contribution is 5.89. The van der Waals surface area contributed by atoms with Crippen molar-refractivity contribution in [2.45, 2.75) is 38.8 Å². The molecule has 0 spiro atoms. The average molecular weight is 286 g/mol. The molecule has 1 aliphatic rings. The second-order valence-electron chi connectivity index (χ2n) is 5.35. The van der Waals surface area contributed by atoms with Crippen molar-refractivity contribution in [1.82, 2.24) is 10.2 Å². The highest BCUT2D eigenvalue weighted by Gasteiger charge is 2.29. The molecule has 2 atom stereocenters. The lowest BCUT2D eigenvalue weighted by atomic mass is 10.1. The van der Waals surface area contributed by atoms with Gasteiger partial charge >= 0.3 is 6.03 Å². The molecule has 1 fully saturated rings. The van der Waals surface area contributed by atoms with Gasteiger partial charge in [-0.3, -0.25) is 0 Å². The van der Waals surface area contributed by atoms with E-state index in [0.29, 0.717) is 11.6 Å². The first-order valence-corrected chi connectivity index (χ1v) is 7.49. The summed E-state index contributed by atoms with van der Waals surface area (Å²) in [6, 6.07) is 9.53. The maximum atomic E-state index is 12.5. The van der Waals surface area contributed by atoms with Gasteiger partial charge in [-0.05, 0) is 37.1 Å². The zero-order valence-corrected chi connectivity index (χ0v) is 12.6. The van der Waals surface area contributed by atoms with Crippen LogP contribution in [0, 0.1) is 11.3 Å². The highest BCUT2D eigenvalue weighted by Crippen LogP contribution is 2.15. The molecule has 1 aromatic rings. The summed E-state index contributed by atoms with van der Waals surface area (Å²) < 4.78 is 0. The molecule has 21 heavy (non-hydrogen) atoms. The fourth-order valence-electron chi connectivity index (χ4n) is 2.57. The van der Waals surface area contributed by atoms with Gasteiger partial charge in [0.25, 0.3) is 0 Å². The van der Waals surface area contributed by atoms with E-state index in [1.165, 1.54) is 0 Å². The molecule has 2 amide bonds. The van der Waals surface area contributed by atoms with Gasteiger partial charge in [0.1, 0.15) is 0 Å². The van der Waals surface area contributed by atoms with E-state index in [2.05, 4.69) is 30.6 Å². The van der Waals surface area contributed by atoms with E-state index in [1.807, 2.05) is 4.90 Å². The van der Waals surface area contributed by atoms with E-state index in [-0.39, 0.29) is 12.1 Å². The lowest BCUT2D eigenvalue weighted by Crippen LogP contribution is -2.58. The predicted molar refractivity (Wildman–Crippen MR) is 83.0 cm³/mol. The predicted octanol–water partition coefficient (Wildman–Crippen LogP) is 2.55. The van der Waals surface area contributed by atoms with E-state index >= 15 is 0 Å². The molecule has 0 radical (unpaired) electrons. The van der Waals surface area contributed by atoms with Crippen molar-refractivity contribution in [3.05, 3.63) is 29.8 Å². The van der Waals surface area contributed by atoms with Gasteiger partial charge in [-0.1, -0.05) is 13.8 Å². The SMILES string of the molecule is CCC1CN(C(=O)Nc2ccc(C#N)cc2)C(CC)CN1. The first-order valence-electron chi connectivity index (χ1n) is 7.49. The first-order chi connectivity index (χ1) is 10.2. The third-order valence-electron chi connectivity index (χ3n) is 3.99. The minimum absolute atomic E-state index is 0.0634. The van der Waals surface area contributed by atoms with Crippen LogP contribution in [0.1, 0.15) is 32.3 Å². The molecule has 0 bridgehead atoms. The fourth-order valence-corrected chi connectivity index (χ4v) is 2.57. The minimum Gasteiger partial charge on any atom is -0.319 e. The Morgan fingerprint density at radius 1 is 1.38 bits per heavy atom. The van der Waals surface area contributed by atoms with Crippen LogP contribution >= 0.6 is 0 Å². The Bertz CT molecular complexity index is 520. The molecule has 5 heteroatoms. The molecular formula is C16H22N4O. The largest absolute Gasteiger partial charge is 0.322 e. The molecule has 1 aliphatic heterocycles. The van der Waals surface area contributed by atoms with Crippen molar-refractivity contribution < 1.29 is 4.79 Å². The number of hydrogen-bond acceptors (Lipinski definition) is 3.